The van der Waals surface area contributed by atoms with Crippen LogP contribution in [0.1, 0.15) is 11.1 Å². The van der Waals surface area contributed by atoms with Crippen molar-refractivity contribution in [2.24, 2.45) is 0 Å². The molecule has 0 fully saturated rings. The molecule has 0 saturated heterocycles. The summed E-state index contributed by atoms with van der Waals surface area (Å²) in [6.45, 7) is 1.85. The Morgan fingerprint density at radius 2 is 2.00 bits per heavy atom. The Hall–Kier alpha value is -2.30. The van der Waals surface area contributed by atoms with Crippen LogP contribution >= 0.6 is 27.5 Å². The van der Waals surface area contributed by atoms with E-state index in [4.69, 9.17) is 20.8 Å². The summed E-state index contributed by atoms with van der Waals surface area (Å²) in [5.41, 5.74) is 2.34. The monoisotopic (exact) mass is 428 g/mol. The van der Waals surface area contributed by atoms with Gasteiger partial charge in [0.2, 0.25) is 0 Å². The minimum Gasteiger partial charge on any atom is -0.464 e. The molecule has 0 aliphatic rings. The lowest BCUT2D eigenvalue weighted by molar-refractivity contribution is -0.133. The quantitative estimate of drug-likeness (QED) is 0.277. The van der Waals surface area contributed by atoms with Gasteiger partial charge in [0, 0.05) is 15.4 Å². The normalized spacial score (nSPS) is 11.2. The van der Waals surface area contributed by atoms with Crippen molar-refractivity contribution in [3.05, 3.63) is 75.4 Å². The number of furan rings is 1. The van der Waals surface area contributed by atoms with Gasteiger partial charge in [0.05, 0.1) is 17.7 Å². The first kappa shape index (κ1) is 17.1. The van der Waals surface area contributed by atoms with E-state index in [1.807, 2.05) is 49.4 Å². The summed E-state index contributed by atoms with van der Waals surface area (Å²) in [5, 5.41) is 3.49. The summed E-state index contributed by atoms with van der Waals surface area (Å²) < 4.78 is 12.0. The Labute approximate surface area is 163 Å². The van der Waals surface area contributed by atoms with Crippen molar-refractivity contribution in [2.45, 2.75) is 13.3 Å². The van der Waals surface area contributed by atoms with Gasteiger partial charge in [0.25, 0.3) is 0 Å². The van der Waals surface area contributed by atoms with Gasteiger partial charge in [-0.3, -0.25) is 4.79 Å². The smallest absolute Gasteiger partial charge is 0.315 e. The molecule has 0 bridgehead atoms. The molecule has 0 aliphatic heterocycles. The highest BCUT2D eigenvalue weighted by atomic mass is 79.9. The lowest BCUT2D eigenvalue weighted by Crippen LogP contribution is -2.12. The van der Waals surface area contributed by atoms with Crippen molar-refractivity contribution in [1.29, 1.82) is 0 Å². The minimum atomic E-state index is -0.382. The Kier molecular flexibility index (Phi) is 4.47. The number of hydrogen-bond acceptors (Lipinski definition) is 3. The van der Waals surface area contributed by atoms with Gasteiger partial charge in [-0.25, -0.2) is 0 Å². The zero-order valence-electron chi connectivity index (χ0n) is 13.9. The Bertz CT molecular complexity index is 1120. The molecule has 130 valence electrons. The van der Waals surface area contributed by atoms with Crippen LogP contribution in [0.3, 0.4) is 0 Å². The number of carbonyl (C=O) groups excluding carboxylic acids is 1. The third-order valence-corrected chi connectivity index (χ3v) is 5.02. The fourth-order valence-corrected chi connectivity index (χ4v) is 4.14. The molecular weight excluding hydrogens is 416 g/mol. The fourth-order valence-electron chi connectivity index (χ4n) is 3.13. The predicted octanol–water partition coefficient (Wildman–Crippen LogP) is 6.46. The first-order valence-electron chi connectivity index (χ1n) is 8.07. The number of ether oxygens (including phenoxy) is 1. The van der Waals surface area contributed by atoms with Crippen molar-refractivity contribution < 1.29 is 13.9 Å². The van der Waals surface area contributed by atoms with Crippen LogP contribution in [0.25, 0.3) is 21.7 Å². The first-order valence-corrected chi connectivity index (χ1v) is 9.24. The van der Waals surface area contributed by atoms with Crippen molar-refractivity contribution in [1.82, 2.24) is 0 Å². The molecule has 0 saturated carbocycles. The highest BCUT2D eigenvalue weighted by Gasteiger charge is 2.17. The Morgan fingerprint density at radius 1 is 1.19 bits per heavy atom. The number of fused-ring (bicyclic) bond motifs is 3. The van der Waals surface area contributed by atoms with E-state index in [1.165, 1.54) is 0 Å². The zero-order valence-corrected chi connectivity index (χ0v) is 16.2. The number of hydrogen-bond donors (Lipinski definition) is 0. The lowest BCUT2D eigenvalue weighted by atomic mass is 10.0. The van der Waals surface area contributed by atoms with Crippen LogP contribution in [-0.2, 0) is 11.2 Å². The van der Waals surface area contributed by atoms with Crippen LogP contribution in [0.15, 0.2) is 63.7 Å². The maximum atomic E-state index is 12.5. The number of esters is 1. The van der Waals surface area contributed by atoms with Crippen molar-refractivity contribution in [3.63, 3.8) is 0 Å². The second kappa shape index (κ2) is 6.78. The van der Waals surface area contributed by atoms with E-state index in [2.05, 4.69) is 15.9 Å². The van der Waals surface area contributed by atoms with E-state index >= 15 is 0 Å². The van der Waals surface area contributed by atoms with Crippen LogP contribution in [0.4, 0.5) is 0 Å². The second-order valence-corrected chi connectivity index (χ2v) is 7.43. The highest BCUT2D eigenvalue weighted by molar-refractivity contribution is 9.10. The summed E-state index contributed by atoms with van der Waals surface area (Å²) >= 11 is 9.58. The van der Waals surface area contributed by atoms with Gasteiger partial charge < -0.3 is 9.15 Å². The average molecular weight is 430 g/mol. The van der Waals surface area contributed by atoms with Crippen LogP contribution in [0, 0.1) is 6.92 Å². The van der Waals surface area contributed by atoms with Gasteiger partial charge in [-0.05, 0) is 41.5 Å². The lowest BCUT2D eigenvalue weighted by Gasteiger charge is -2.10. The molecule has 4 aromatic rings. The maximum absolute atomic E-state index is 12.5. The summed E-state index contributed by atoms with van der Waals surface area (Å²) in [7, 11) is 0. The molecule has 4 rings (SSSR count). The molecule has 1 aromatic heterocycles. The number of halogens is 2. The maximum Gasteiger partial charge on any atom is 0.315 e. The average Bonchev–Trinajstić information content (AvgIpc) is 3.01. The third kappa shape index (κ3) is 3.11. The standard InChI is InChI=1S/C21H14BrClO3/c1-12-8-15(22)10-17(23)21(12)26-19(24)9-14-11-25-18-7-6-13-4-2-3-5-16(13)20(14)18/h2-8,10-11H,9H2,1H3. The number of carbonyl (C=O) groups is 1. The molecule has 0 amide bonds. The first-order chi connectivity index (χ1) is 12.5. The summed E-state index contributed by atoms with van der Waals surface area (Å²) in [6, 6.07) is 15.5. The largest absolute Gasteiger partial charge is 0.464 e. The van der Waals surface area contributed by atoms with Gasteiger partial charge in [-0.2, -0.15) is 0 Å². The van der Waals surface area contributed by atoms with E-state index in [0.717, 1.165) is 37.3 Å². The molecule has 0 spiro atoms. The molecule has 0 unspecified atom stereocenters. The van der Waals surface area contributed by atoms with E-state index < -0.39 is 0 Å². The van der Waals surface area contributed by atoms with Crippen molar-refractivity contribution >= 4 is 55.2 Å². The molecule has 0 aliphatic carbocycles. The topological polar surface area (TPSA) is 39.4 Å². The van der Waals surface area contributed by atoms with Gasteiger partial charge >= 0.3 is 5.97 Å². The van der Waals surface area contributed by atoms with Crippen molar-refractivity contribution in [2.75, 3.05) is 0 Å². The molecule has 3 aromatic carbocycles. The van der Waals surface area contributed by atoms with Gasteiger partial charge in [-0.15, -0.1) is 0 Å². The molecule has 1 heterocycles. The van der Waals surface area contributed by atoms with Crippen molar-refractivity contribution in [3.8, 4) is 5.75 Å². The molecular formula is C21H14BrClO3. The molecule has 0 atom stereocenters. The second-order valence-electron chi connectivity index (χ2n) is 6.11. The van der Waals surface area contributed by atoms with Gasteiger partial charge in [-0.1, -0.05) is 57.9 Å². The van der Waals surface area contributed by atoms with Crippen LogP contribution in [-0.4, -0.2) is 5.97 Å². The molecule has 0 radical (unpaired) electrons. The Balaban J connectivity index is 1.68. The van der Waals surface area contributed by atoms with Crippen LogP contribution in [0.5, 0.6) is 5.75 Å². The Morgan fingerprint density at radius 3 is 2.81 bits per heavy atom. The molecule has 0 N–H and O–H groups in total. The highest BCUT2D eigenvalue weighted by Crippen LogP contribution is 2.33. The number of rotatable bonds is 3. The minimum absolute atomic E-state index is 0.104. The van der Waals surface area contributed by atoms with Gasteiger partial charge in [0.15, 0.2) is 5.75 Å². The van der Waals surface area contributed by atoms with Crippen LogP contribution < -0.4 is 4.74 Å². The van der Waals surface area contributed by atoms with Crippen LogP contribution in [0.2, 0.25) is 5.02 Å². The van der Waals surface area contributed by atoms with E-state index in [0.29, 0.717) is 10.8 Å². The summed E-state index contributed by atoms with van der Waals surface area (Å²) in [6.07, 6.45) is 1.72. The van der Waals surface area contributed by atoms with E-state index in [-0.39, 0.29) is 12.4 Å². The third-order valence-electron chi connectivity index (χ3n) is 4.28. The number of benzene rings is 3. The molecule has 3 nitrogen and oxygen atoms in total. The zero-order chi connectivity index (χ0) is 18.3. The number of aryl methyl sites for hydroxylation is 1. The fraction of sp³-hybridized carbons (Fsp3) is 0.0952. The SMILES string of the molecule is Cc1cc(Br)cc(Cl)c1OC(=O)Cc1coc2ccc3ccccc3c12. The molecule has 5 heteroatoms. The molecule has 26 heavy (non-hydrogen) atoms. The van der Waals surface area contributed by atoms with E-state index in [1.54, 1.807) is 12.3 Å². The predicted molar refractivity (Wildman–Crippen MR) is 107 cm³/mol. The van der Waals surface area contributed by atoms with E-state index in [9.17, 15) is 4.79 Å². The summed E-state index contributed by atoms with van der Waals surface area (Å²) in [4.78, 5) is 12.5. The summed E-state index contributed by atoms with van der Waals surface area (Å²) in [5.74, 6) is 0.00508. The van der Waals surface area contributed by atoms with Gasteiger partial charge in [0.1, 0.15) is 5.58 Å².